The molecular formula is C14H18F3NO2. The fourth-order valence-electron chi connectivity index (χ4n) is 2.31. The van der Waals surface area contributed by atoms with E-state index < -0.39 is 6.36 Å². The van der Waals surface area contributed by atoms with Crippen molar-refractivity contribution >= 4 is 0 Å². The number of rotatable bonds is 5. The van der Waals surface area contributed by atoms with Crippen LogP contribution in [0.2, 0.25) is 0 Å². The van der Waals surface area contributed by atoms with E-state index in [1.807, 2.05) is 6.92 Å². The molecule has 2 rings (SSSR count). The third kappa shape index (κ3) is 4.38. The van der Waals surface area contributed by atoms with E-state index in [-0.39, 0.29) is 11.4 Å². The lowest BCUT2D eigenvalue weighted by Crippen LogP contribution is -2.36. The maximum Gasteiger partial charge on any atom is 0.573 e. The summed E-state index contributed by atoms with van der Waals surface area (Å²) >= 11 is 0. The van der Waals surface area contributed by atoms with E-state index in [4.69, 9.17) is 4.74 Å². The van der Waals surface area contributed by atoms with Gasteiger partial charge in [0.05, 0.1) is 5.60 Å². The monoisotopic (exact) mass is 289 g/mol. The highest BCUT2D eigenvalue weighted by Crippen LogP contribution is 2.27. The highest BCUT2D eigenvalue weighted by atomic mass is 19.4. The van der Waals surface area contributed by atoms with Gasteiger partial charge in [-0.3, -0.25) is 0 Å². The molecule has 1 aromatic rings. The second-order valence-electron chi connectivity index (χ2n) is 5.16. The molecule has 20 heavy (non-hydrogen) atoms. The normalized spacial score (nSPS) is 23.0. The van der Waals surface area contributed by atoms with Crippen molar-refractivity contribution in [3.63, 3.8) is 0 Å². The maximum atomic E-state index is 12.3. The summed E-state index contributed by atoms with van der Waals surface area (Å²) in [5, 5.41) is 3.14. The summed E-state index contributed by atoms with van der Waals surface area (Å²) in [7, 11) is 0. The van der Waals surface area contributed by atoms with E-state index >= 15 is 0 Å². The molecule has 1 aliphatic rings. The smallest absolute Gasteiger partial charge is 0.405 e. The van der Waals surface area contributed by atoms with Gasteiger partial charge in [-0.25, -0.2) is 0 Å². The van der Waals surface area contributed by atoms with Crippen LogP contribution in [0.3, 0.4) is 0 Å². The number of halogens is 3. The SMILES string of the molecule is CC1(CNCc2ccccc2OC(F)(F)F)CCCO1. The van der Waals surface area contributed by atoms with E-state index in [9.17, 15) is 13.2 Å². The zero-order valence-corrected chi connectivity index (χ0v) is 11.3. The molecular weight excluding hydrogens is 271 g/mol. The Labute approximate surface area is 116 Å². The lowest BCUT2D eigenvalue weighted by molar-refractivity contribution is -0.274. The molecule has 1 aromatic carbocycles. The van der Waals surface area contributed by atoms with Gasteiger partial charge in [0.25, 0.3) is 0 Å². The van der Waals surface area contributed by atoms with Gasteiger partial charge in [-0.15, -0.1) is 13.2 Å². The Hall–Kier alpha value is -1.27. The molecule has 0 spiro atoms. The summed E-state index contributed by atoms with van der Waals surface area (Å²) in [5.74, 6) is -0.162. The summed E-state index contributed by atoms with van der Waals surface area (Å²) in [6.45, 7) is 3.66. The summed E-state index contributed by atoms with van der Waals surface area (Å²) in [6.07, 6.45) is -2.69. The van der Waals surface area contributed by atoms with Crippen LogP contribution in [0.15, 0.2) is 24.3 Å². The van der Waals surface area contributed by atoms with Gasteiger partial charge in [-0.05, 0) is 25.8 Å². The minimum atomic E-state index is -4.67. The van der Waals surface area contributed by atoms with Crippen LogP contribution in [0.25, 0.3) is 0 Å². The van der Waals surface area contributed by atoms with Crippen molar-refractivity contribution in [1.29, 1.82) is 0 Å². The van der Waals surface area contributed by atoms with Crippen LogP contribution in [0.5, 0.6) is 5.75 Å². The highest BCUT2D eigenvalue weighted by molar-refractivity contribution is 5.33. The van der Waals surface area contributed by atoms with Gasteiger partial charge in [-0.1, -0.05) is 18.2 Å². The van der Waals surface area contributed by atoms with Crippen molar-refractivity contribution in [2.45, 2.75) is 38.3 Å². The molecule has 0 amide bonds. The zero-order valence-electron chi connectivity index (χ0n) is 11.3. The minimum absolute atomic E-state index is 0.162. The lowest BCUT2D eigenvalue weighted by Gasteiger charge is -2.23. The van der Waals surface area contributed by atoms with E-state index in [1.54, 1.807) is 12.1 Å². The second-order valence-corrected chi connectivity index (χ2v) is 5.16. The molecule has 1 fully saturated rings. The summed E-state index contributed by atoms with van der Waals surface area (Å²) in [5.41, 5.74) is 0.256. The fourth-order valence-corrected chi connectivity index (χ4v) is 2.31. The summed E-state index contributed by atoms with van der Waals surface area (Å²) in [4.78, 5) is 0. The molecule has 0 aromatic heterocycles. The molecule has 0 saturated carbocycles. The predicted molar refractivity (Wildman–Crippen MR) is 68.4 cm³/mol. The zero-order chi connectivity index (χ0) is 14.6. The Kier molecular flexibility index (Phi) is 4.55. The fraction of sp³-hybridized carbons (Fsp3) is 0.571. The first-order valence-corrected chi connectivity index (χ1v) is 6.56. The van der Waals surface area contributed by atoms with Crippen molar-refractivity contribution in [3.8, 4) is 5.75 Å². The van der Waals surface area contributed by atoms with Crippen LogP contribution in [-0.2, 0) is 11.3 Å². The lowest BCUT2D eigenvalue weighted by atomic mass is 10.0. The van der Waals surface area contributed by atoms with Gasteiger partial charge in [0, 0.05) is 25.3 Å². The number of benzene rings is 1. The minimum Gasteiger partial charge on any atom is -0.405 e. The van der Waals surface area contributed by atoms with Crippen molar-refractivity contribution in [2.24, 2.45) is 0 Å². The molecule has 6 heteroatoms. The molecule has 1 aliphatic heterocycles. The summed E-state index contributed by atoms with van der Waals surface area (Å²) < 4.78 is 46.5. The van der Waals surface area contributed by atoms with E-state index in [0.717, 1.165) is 19.4 Å². The topological polar surface area (TPSA) is 30.5 Å². The molecule has 1 heterocycles. The first-order valence-electron chi connectivity index (χ1n) is 6.56. The number of ether oxygens (including phenoxy) is 2. The summed E-state index contributed by atoms with van der Waals surface area (Å²) in [6, 6.07) is 6.14. The van der Waals surface area contributed by atoms with Gasteiger partial charge in [0.2, 0.25) is 0 Å². The van der Waals surface area contributed by atoms with Crippen molar-refractivity contribution in [3.05, 3.63) is 29.8 Å². The largest absolute Gasteiger partial charge is 0.573 e. The van der Waals surface area contributed by atoms with Crippen LogP contribution in [0.1, 0.15) is 25.3 Å². The Morgan fingerprint density at radius 1 is 1.35 bits per heavy atom. The average molecular weight is 289 g/mol. The van der Waals surface area contributed by atoms with Crippen LogP contribution in [0, 0.1) is 0 Å². The number of hydrogen-bond donors (Lipinski definition) is 1. The second kappa shape index (κ2) is 6.01. The molecule has 1 saturated heterocycles. The van der Waals surface area contributed by atoms with Gasteiger partial charge >= 0.3 is 6.36 Å². The molecule has 1 atom stereocenters. The van der Waals surface area contributed by atoms with E-state index in [0.29, 0.717) is 18.7 Å². The Morgan fingerprint density at radius 2 is 2.10 bits per heavy atom. The third-order valence-corrected chi connectivity index (χ3v) is 3.31. The van der Waals surface area contributed by atoms with E-state index in [1.165, 1.54) is 12.1 Å². The van der Waals surface area contributed by atoms with Gasteiger partial charge in [0.1, 0.15) is 5.75 Å². The van der Waals surface area contributed by atoms with Crippen LogP contribution >= 0.6 is 0 Å². The Bertz CT molecular complexity index is 442. The molecule has 0 radical (unpaired) electrons. The quantitative estimate of drug-likeness (QED) is 0.902. The molecule has 0 bridgehead atoms. The van der Waals surface area contributed by atoms with E-state index in [2.05, 4.69) is 10.1 Å². The Morgan fingerprint density at radius 3 is 2.75 bits per heavy atom. The van der Waals surface area contributed by atoms with Gasteiger partial charge < -0.3 is 14.8 Å². The van der Waals surface area contributed by atoms with Crippen molar-refractivity contribution < 1.29 is 22.6 Å². The van der Waals surface area contributed by atoms with Gasteiger partial charge in [0.15, 0.2) is 0 Å². The third-order valence-electron chi connectivity index (χ3n) is 3.31. The number of para-hydroxylation sites is 1. The number of alkyl halides is 3. The highest BCUT2D eigenvalue weighted by Gasteiger charge is 2.32. The van der Waals surface area contributed by atoms with Crippen LogP contribution < -0.4 is 10.1 Å². The maximum absolute atomic E-state index is 12.3. The first-order chi connectivity index (χ1) is 9.38. The van der Waals surface area contributed by atoms with Crippen LogP contribution in [-0.4, -0.2) is 25.1 Å². The molecule has 1 N–H and O–H groups in total. The predicted octanol–water partition coefficient (Wildman–Crippen LogP) is 3.24. The number of hydrogen-bond acceptors (Lipinski definition) is 3. The average Bonchev–Trinajstić information content (AvgIpc) is 2.77. The molecule has 3 nitrogen and oxygen atoms in total. The standard InChI is InChI=1S/C14H18F3NO2/c1-13(7-4-8-19-13)10-18-9-11-5-2-3-6-12(11)20-14(15,16)17/h2-3,5-6,18H,4,7-10H2,1H3. The van der Waals surface area contributed by atoms with Crippen molar-refractivity contribution in [1.82, 2.24) is 5.32 Å². The first kappa shape index (κ1) is 15.1. The van der Waals surface area contributed by atoms with Gasteiger partial charge in [-0.2, -0.15) is 0 Å². The molecule has 112 valence electrons. The molecule has 0 aliphatic carbocycles. The molecule has 1 unspecified atom stereocenters. The Balaban J connectivity index is 1.92. The van der Waals surface area contributed by atoms with Crippen LogP contribution in [0.4, 0.5) is 13.2 Å². The number of nitrogens with one attached hydrogen (secondary N) is 1. The van der Waals surface area contributed by atoms with Crippen molar-refractivity contribution in [2.75, 3.05) is 13.2 Å².